The Labute approximate surface area is 120 Å². The van der Waals surface area contributed by atoms with Gasteiger partial charge in [-0.1, -0.05) is 24.3 Å². The maximum absolute atomic E-state index is 9.54. The molecular formula is C15H13IO2. The summed E-state index contributed by atoms with van der Waals surface area (Å²) in [6, 6.07) is 13.4. The van der Waals surface area contributed by atoms with Gasteiger partial charge < -0.3 is 9.84 Å². The van der Waals surface area contributed by atoms with E-state index in [1.807, 2.05) is 18.2 Å². The number of halogens is 1. The number of phenols is 1. The van der Waals surface area contributed by atoms with Crippen LogP contribution in [-0.4, -0.2) is 12.2 Å². The van der Waals surface area contributed by atoms with Gasteiger partial charge in [-0.15, -0.1) is 0 Å². The molecule has 18 heavy (non-hydrogen) atoms. The van der Waals surface area contributed by atoms with Crippen LogP contribution < -0.4 is 4.74 Å². The summed E-state index contributed by atoms with van der Waals surface area (Å²) in [5.41, 5.74) is 2.03. The SMILES string of the molecule is COc1cc(O)cc(/C=C/c2ccc(I)cc2)c1. The Morgan fingerprint density at radius 3 is 2.33 bits per heavy atom. The Kier molecular flexibility index (Phi) is 4.25. The second kappa shape index (κ2) is 5.91. The van der Waals surface area contributed by atoms with Crippen LogP contribution >= 0.6 is 22.6 Å². The zero-order valence-electron chi connectivity index (χ0n) is 9.93. The van der Waals surface area contributed by atoms with E-state index in [-0.39, 0.29) is 5.75 Å². The summed E-state index contributed by atoms with van der Waals surface area (Å²) < 4.78 is 6.32. The average molecular weight is 352 g/mol. The number of benzene rings is 2. The molecule has 0 spiro atoms. The fourth-order valence-corrected chi connectivity index (χ4v) is 1.95. The quantitative estimate of drug-likeness (QED) is 0.664. The minimum atomic E-state index is 0.205. The van der Waals surface area contributed by atoms with Crippen molar-refractivity contribution in [3.05, 3.63) is 57.2 Å². The van der Waals surface area contributed by atoms with Gasteiger partial charge in [0.1, 0.15) is 11.5 Å². The van der Waals surface area contributed by atoms with Gasteiger partial charge in [-0.2, -0.15) is 0 Å². The highest BCUT2D eigenvalue weighted by Gasteiger charge is 1.97. The first kappa shape index (κ1) is 13.0. The normalized spacial score (nSPS) is 10.8. The number of hydrogen-bond donors (Lipinski definition) is 1. The van der Waals surface area contributed by atoms with E-state index in [1.54, 1.807) is 19.2 Å². The molecule has 2 aromatic rings. The highest BCUT2D eigenvalue weighted by molar-refractivity contribution is 14.1. The number of rotatable bonds is 3. The number of methoxy groups -OCH3 is 1. The van der Waals surface area contributed by atoms with E-state index in [4.69, 9.17) is 4.74 Å². The lowest BCUT2D eigenvalue weighted by Gasteiger charge is -2.02. The van der Waals surface area contributed by atoms with Crippen LogP contribution in [0.4, 0.5) is 0 Å². The molecule has 0 saturated carbocycles. The first-order chi connectivity index (χ1) is 8.67. The lowest BCUT2D eigenvalue weighted by Crippen LogP contribution is -1.83. The molecule has 0 fully saturated rings. The Morgan fingerprint density at radius 1 is 1.00 bits per heavy atom. The van der Waals surface area contributed by atoms with Gasteiger partial charge in [-0.25, -0.2) is 0 Å². The highest BCUT2D eigenvalue weighted by atomic mass is 127. The molecule has 3 heteroatoms. The minimum Gasteiger partial charge on any atom is -0.508 e. The van der Waals surface area contributed by atoms with E-state index in [1.165, 1.54) is 3.57 Å². The molecular weight excluding hydrogens is 339 g/mol. The Hall–Kier alpha value is -1.49. The topological polar surface area (TPSA) is 29.5 Å². The van der Waals surface area contributed by atoms with Gasteiger partial charge in [-0.05, 0) is 58.0 Å². The van der Waals surface area contributed by atoms with Crippen LogP contribution in [0.1, 0.15) is 11.1 Å². The second-order valence-corrected chi connectivity index (χ2v) is 5.09. The Bertz CT molecular complexity index is 559. The van der Waals surface area contributed by atoms with Gasteiger partial charge in [0.15, 0.2) is 0 Å². The summed E-state index contributed by atoms with van der Waals surface area (Å²) >= 11 is 2.28. The predicted octanol–water partition coefficient (Wildman–Crippen LogP) is 4.18. The molecule has 1 N–H and O–H groups in total. The monoisotopic (exact) mass is 352 g/mol. The molecule has 0 aromatic heterocycles. The zero-order chi connectivity index (χ0) is 13.0. The molecule has 2 nitrogen and oxygen atoms in total. The van der Waals surface area contributed by atoms with Crippen LogP contribution in [0.3, 0.4) is 0 Å². The van der Waals surface area contributed by atoms with E-state index in [0.717, 1.165) is 11.1 Å². The first-order valence-corrected chi connectivity index (χ1v) is 6.57. The third kappa shape index (κ3) is 3.50. The van der Waals surface area contributed by atoms with Gasteiger partial charge in [0.2, 0.25) is 0 Å². The third-order valence-electron chi connectivity index (χ3n) is 2.49. The molecule has 0 saturated heterocycles. The van der Waals surface area contributed by atoms with Crippen molar-refractivity contribution in [2.24, 2.45) is 0 Å². The molecule has 2 rings (SSSR count). The molecule has 2 aromatic carbocycles. The maximum Gasteiger partial charge on any atom is 0.123 e. The fourth-order valence-electron chi connectivity index (χ4n) is 1.59. The van der Waals surface area contributed by atoms with E-state index in [0.29, 0.717) is 5.75 Å². The summed E-state index contributed by atoms with van der Waals surface area (Å²) in [4.78, 5) is 0. The lowest BCUT2D eigenvalue weighted by molar-refractivity contribution is 0.407. The summed E-state index contributed by atoms with van der Waals surface area (Å²) in [5, 5.41) is 9.54. The third-order valence-corrected chi connectivity index (χ3v) is 3.21. The van der Waals surface area contributed by atoms with Crippen molar-refractivity contribution in [1.29, 1.82) is 0 Å². The average Bonchev–Trinajstić information content (AvgIpc) is 2.37. The lowest BCUT2D eigenvalue weighted by atomic mass is 10.1. The van der Waals surface area contributed by atoms with Crippen LogP contribution in [0.2, 0.25) is 0 Å². The van der Waals surface area contributed by atoms with Crippen molar-refractivity contribution in [1.82, 2.24) is 0 Å². The van der Waals surface area contributed by atoms with Crippen molar-refractivity contribution in [3.8, 4) is 11.5 Å². The molecule has 0 aliphatic carbocycles. The smallest absolute Gasteiger partial charge is 0.123 e. The molecule has 0 aliphatic heterocycles. The molecule has 0 heterocycles. The maximum atomic E-state index is 9.54. The predicted molar refractivity (Wildman–Crippen MR) is 82.7 cm³/mol. The number of ether oxygens (including phenoxy) is 1. The van der Waals surface area contributed by atoms with E-state index < -0.39 is 0 Å². The molecule has 0 bridgehead atoms. The minimum absolute atomic E-state index is 0.205. The van der Waals surface area contributed by atoms with Crippen molar-refractivity contribution in [2.45, 2.75) is 0 Å². The van der Waals surface area contributed by atoms with Gasteiger partial charge in [-0.3, -0.25) is 0 Å². The van der Waals surface area contributed by atoms with E-state index in [9.17, 15) is 5.11 Å². The highest BCUT2D eigenvalue weighted by Crippen LogP contribution is 2.23. The second-order valence-electron chi connectivity index (χ2n) is 3.85. The summed E-state index contributed by atoms with van der Waals surface area (Å²) in [5.74, 6) is 0.855. The van der Waals surface area contributed by atoms with Crippen molar-refractivity contribution in [2.75, 3.05) is 7.11 Å². The van der Waals surface area contributed by atoms with Crippen LogP contribution in [0.5, 0.6) is 11.5 Å². The zero-order valence-corrected chi connectivity index (χ0v) is 12.1. The van der Waals surface area contributed by atoms with Gasteiger partial charge in [0.25, 0.3) is 0 Å². The number of phenolic OH excluding ortho intramolecular Hbond substituents is 1. The van der Waals surface area contributed by atoms with Crippen molar-refractivity contribution >= 4 is 34.7 Å². The summed E-state index contributed by atoms with van der Waals surface area (Å²) in [6.45, 7) is 0. The molecule has 0 amide bonds. The van der Waals surface area contributed by atoms with E-state index >= 15 is 0 Å². The summed E-state index contributed by atoms with van der Waals surface area (Å²) in [7, 11) is 1.58. The molecule has 92 valence electrons. The Balaban J connectivity index is 2.22. The standard InChI is InChI=1S/C15H13IO2/c1-18-15-9-12(8-14(17)10-15)3-2-11-4-6-13(16)7-5-11/h2-10,17H,1H3/b3-2+. The van der Waals surface area contributed by atoms with E-state index in [2.05, 4.69) is 46.9 Å². The largest absolute Gasteiger partial charge is 0.508 e. The van der Waals surface area contributed by atoms with Crippen LogP contribution in [0.25, 0.3) is 12.2 Å². The van der Waals surface area contributed by atoms with Gasteiger partial charge in [0.05, 0.1) is 7.11 Å². The van der Waals surface area contributed by atoms with Gasteiger partial charge in [0, 0.05) is 9.64 Å². The fraction of sp³-hybridized carbons (Fsp3) is 0.0667. The van der Waals surface area contributed by atoms with Crippen LogP contribution in [0.15, 0.2) is 42.5 Å². The molecule has 0 unspecified atom stereocenters. The summed E-state index contributed by atoms with van der Waals surface area (Å²) in [6.07, 6.45) is 3.95. The Morgan fingerprint density at radius 2 is 1.67 bits per heavy atom. The molecule has 0 radical (unpaired) electrons. The molecule has 0 aliphatic rings. The van der Waals surface area contributed by atoms with Crippen molar-refractivity contribution in [3.63, 3.8) is 0 Å². The van der Waals surface area contributed by atoms with Crippen molar-refractivity contribution < 1.29 is 9.84 Å². The molecule has 0 atom stereocenters. The number of hydrogen-bond acceptors (Lipinski definition) is 2. The number of aromatic hydroxyl groups is 1. The van der Waals surface area contributed by atoms with Crippen LogP contribution in [-0.2, 0) is 0 Å². The first-order valence-electron chi connectivity index (χ1n) is 5.49. The van der Waals surface area contributed by atoms with Gasteiger partial charge >= 0.3 is 0 Å². The van der Waals surface area contributed by atoms with Crippen LogP contribution in [0, 0.1) is 3.57 Å².